The number of rotatable bonds is 5. The van der Waals surface area contributed by atoms with E-state index in [9.17, 15) is 4.79 Å². The van der Waals surface area contributed by atoms with Crippen molar-refractivity contribution in [3.05, 3.63) is 23.4 Å². The van der Waals surface area contributed by atoms with E-state index in [4.69, 9.17) is 5.73 Å². The Kier molecular flexibility index (Phi) is 4.00. The standard InChI is InChI=1S/C17H27N3O/c1-6-7-12-8-11(9-14(18)20-12)15(21)19-10-13-16(2,3)17(13,4)5/h8-9,13H,6-7,10H2,1-5H3,(H2,18,20)(H,19,21). The van der Waals surface area contributed by atoms with Gasteiger partial charge in [-0.25, -0.2) is 4.98 Å². The molecule has 1 aliphatic carbocycles. The van der Waals surface area contributed by atoms with Crippen LogP contribution in [0.25, 0.3) is 0 Å². The predicted octanol–water partition coefficient (Wildman–Crippen LogP) is 3.03. The van der Waals surface area contributed by atoms with Gasteiger partial charge in [-0.1, -0.05) is 41.0 Å². The molecule has 116 valence electrons. The molecule has 1 saturated carbocycles. The van der Waals surface area contributed by atoms with Gasteiger partial charge in [-0.15, -0.1) is 0 Å². The highest BCUT2D eigenvalue weighted by Crippen LogP contribution is 2.67. The van der Waals surface area contributed by atoms with Crippen LogP contribution >= 0.6 is 0 Å². The van der Waals surface area contributed by atoms with Gasteiger partial charge in [-0.2, -0.15) is 0 Å². The van der Waals surface area contributed by atoms with Crippen LogP contribution in [-0.4, -0.2) is 17.4 Å². The van der Waals surface area contributed by atoms with Crippen molar-refractivity contribution in [2.24, 2.45) is 16.7 Å². The number of carbonyl (C=O) groups excluding carboxylic acids is 1. The minimum absolute atomic E-state index is 0.0556. The number of amides is 1. The smallest absolute Gasteiger partial charge is 0.251 e. The molecule has 3 N–H and O–H groups in total. The number of pyridine rings is 1. The van der Waals surface area contributed by atoms with E-state index in [-0.39, 0.29) is 16.7 Å². The summed E-state index contributed by atoms with van der Waals surface area (Å²) in [7, 11) is 0. The van der Waals surface area contributed by atoms with Crippen LogP contribution in [0.15, 0.2) is 12.1 Å². The van der Waals surface area contributed by atoms with Gasteiger partial charge in [0.25, 0.3) is 5.91 Å². The molecule has 21 heavy (non-hydrogen) atoms. The number of aryl methyl sites for hydroxylation is 1. The normalized spacial score (nSPS) is 19.3. The SMILES string of the molecule is CCCc1cc(C(=O)NCC2C(C)(C)C2(C)C)cc(N)n1. The van der Waals surface area contributed by atoms with Gasteiger partial charge in [0.15, 0.2) is 0 Å². The van der Waals surface area contributed by atoms with E-state index in [1.165, 1.54) is 0 Å². The zero-order valence-electron chi connectivity index (χ0n) is 13.8. The monoisotopic (exact) mass is 289 g/mol. The van der Waals surface area contributed by atoms with Gasteiger partial charge in [-0.05, 0) is 35.3 Å². The Bertz CT molecular complexity index is 535. The average Bonchev–Trinajstić information content (AvgIpc) is 2.76. The molecule has 0 atom stereocenters. The maximum absolute atomic E-state index is 12.3. The Morgan fingerprint density at radius 1 is 1.29 bits per heavy atom. The molecular formula is C17H27N3O. The van der Waals surface area contributed by atoms with Crippen LogP contribution < -0.4 is 11.1 Å². The summed E-state index contributed by atoms with van der Waals surface area (Å²) >= 11 is 0. The highest BCUT2D eigenvalue weighted by atomic mass is 16.1. The van der Waals surface area contributed by atoms with Crippen LogP contribution in [0.2, 0.25) is 0 Å². The van der Waals surface area contributed by atoms with E-state index in [2.05, 4.69) is 44.9 Å². The molecule has 4 heteroatoms. The molecule has 0 unspecified atom stereocenters. The zero-order valence-corrected chi connectivity index (χ0v) is 13.8. The van der Waals surface area contributed by atoms with Crippen molar-refractivity contribution in [1.29, 1.82) is 0 Å². The number of aromatic nitrogens is 1. The molecule has 0 aromatic carbocycles. The van der Waals surface area contributed by atoms with Crippen molar-refractivity contribution in [2.75, 3.05) is 12.3 Å². The molecule has 1 heterocycles. The number of nitrogens with one attached hydrogen (secondary N) is 1. The summed E-state index contributed by atoms with van der Waals surface area (Å²) in [5.74, 6) is 0.876. The second kappa shape index (κ2) is 5.32. The fourth-order valence-electron chi connectivity index (χ4n) is 3.27. The highest BCUT2D eigenvalue weighted by molar-refractivity contribution is 5.94. The van der Waals surface area contributed by atoms with Crippen LogP contribution in [0.3, 0.4) is 0 Å². The summed E-state index contributed by atoms with van der Waals surface area (Å²) < 4.78 is 0. The van der Waals surface area contributed by atoms with Gasteiger partial charge in [0, 0.05) is 17.8 Å². The molecule has 0 bridgehead atoms. The number of anilines is 1. The molecule has 1 aliphatic rings. The van der Waals surface area contributed by atoms with Gasteiger partial charge in [-0.3, -0.25) is 4.79 Å². The number of nitrogen functional groups attached to an aromatic ring is 1. The third kappa shape index (κ3) is 2.89. The second-order valence-corrected chi connectivity index (χ2v) is 7.23. The fraction of sp³-hybridized carbons (Fsp3) is 0.647. The molecule has 4 nitrogen and oxygen atoms in total. The van der Waals surface area contributed by atoms with Crippen LogP contribution in [0.5, 0.6) is 0 Å². The summed E-state index contributed by atoms with van der Waals surface area (Å²) in [5.41, 5.74) is 7.85. The van der Waals surface area contributed by atoms with Gasteiger partial charge in [0.2, 0.25) is 0 Å². The van der Waals surface area contributed by atoms with Crippen molar-refractivity contribution in [1.82, 2.24) is 10.3 Å². The lowest BCUT2D eigenvalue weighted by atomic mass is 10.0. The number of nitrogens with two attached hydrogens (primary N) is 1. The molecule has 0 aliphatic heterocycles. The van der Waals surface area contributed by atoms with E-state index in [1.807, 2.05) is 6.07 Å². The minimum Gasteiger partial charge on any atom is -0.384 e. The van der Waals surface area contributed by atoms with Gasteiger partial charge < -0.3 is 11.1 Å². The Balaban J connectivity index is 2.01. The Morgan fingerprint density at radius 2 is 1.90 bits per heavy atom. The fourth-order valence-corrected chi connectivity index (χ4v) is 3.27. The summed E-state index contributed by atoms with van der Waals surface area (Å²) in [5, 5.41) is 3.05. The summed E-state index contributed by atoms with van der Waals surface area (Å²) in [6.45, 7) is 11.8. The Hall–Kier alpha value is -1.58. The number of hydrogen-bond acceptors (Lipinski definition) is 3. The first-order chi connectivity index (χ1) is 9.70. The molecule has 1 amide bonds. The van der Waals surface area contributed by atoms with Crippen molar-refractivity contribution in [3.8, 4) is 0 Å². The summed E-state index contributed by atoms with van der Waals surface area (Å²) in [6.07, 6.45) is 1.83. The summed E-state index contributed by atoms with van der Waals surface area (Å²) in [6, 6.07) is 3.50. The first kappa shape index (κ1) is 15.8. The molecule has 0 spiro atoms. The first-order valence-electron chi connectivity index (χ1n) is 7.74. The number of nitrogens with zero attached hydrogens (tertiary/aromatic N) is 1. The maximum Gasteiger partial charge on any atom is 0.251 e. The first-order valence-corrected chi connectivity index (χ1v) is 7.74. The number of carbonyl (C=O) groups is 1. The van der Waals surface area contributed by atoms with Crippen molar-refractivity contribution >= 4 is 11.7 Å². The Morgan fingerprint density at radius 3 is 2.43 bits per heavy atom. The van der Waals surface area contributed by atoms with E-state index in [0.29, 0.717) is 23.8 Å². The predicted molar refractivity (Wildman–Crippen MR) is 86.0 cm³/mol. The molecule has 1 aromatic rings. The van der Waals surface area contributed by atoms with Crippen molar-refractivity contribution in [3.63, 3.8) is 0 Å². The lowest BCUT2D eigenvalue weighted by Crippen LogP contribution is -2.27. The van der Waals surface area contributed by atoms with Gasteiger partial charge in [0.05, 0.1) is 0 Å². The lowest BCUT2D eigenvalue weighted by molar-refractivity contribution is 0.0949. The number of hydrogen-bond donors (Lipinski definition) is 2. The van der Waals surface area contributed by atoms with Crippen LogP contribution in [0.4, 0.5) is 5.82 Å². The van der Waals surface area contributed by atoms with Crippen molar-refractivity contribution < 1.29 is 4.79 Å². The van der Waals surface area contributed by atoms with Crippen LogP contribution in [-0.2, 0) is 6.42 Å². The van der Waals surface area contributed by atoms with Crippen LogP contribution in [0, 0.1) is 16.7 Å². The van der Waals surface area contributed by atoms with E-state index >= 15 is 0 Å². The molecule has 2 rings (SSSR count). The van der Waals surface area contributed by atoms with Gasteiger partial charge >= 0.3 is 0 Å². The van der Waals surface area contributed by atoms with Crippen molar-refractivity contribution in [2.45, 2.75) is 47.5 Å². The topological polar surface area (TPSA) is 68.0 Å². The summed E-state index contributed by atoms with van der Waals surface area (Å²) in [4.78, 5) is 16.6. The molecule has 0 radical (unpaired) electrons. The molecule has 1 aromatic heterocycles. The van der Waals surface area contributed by atoms with Gasteiger partial charge in [0.1, 0.15) is 5.82 Å². The molecule has 1 fully saturated rings. The van der Waals surface area contributed by atoms with E-state index in [0.717, 1.165) is 18.5 Å². The Labute approximate surface area is 127 Å². The molecule has 0 saturated heterocycles. The minimum atomic E-state index is -0.0556. The third-order valence-corrected chi connectivity index (χ3v) is 5.45. The zero-order chi connectivity index (χ0) is 15.8. The van der Waals surface area contributed by atoms with Crippen LogP contribution in [0.1, 0.15) is 57.1 Å². The maximum atomic E-state index is 12.3. The molecular weight excluding hydrogens is 262 g/mol. The highest BCUT2D eigenvalue weighted by Gasteiger charge is 2.64. The van der Waals surface area contributed by atoms with E-state index < -0.39 is 0 Å². The largest absolute Gasteiger partial charge is 0.384 e. The van der Waals surface area contributed by atoms with E-state index in [1.54, 1.807) is 6.07 Å². The third-order valence-electron chi connectivity index (χ3n) is 5.45. The quantitative estimate of drug-likeness (QED) is 0.875. The second-order valence-electron chi connectivity index (χ2n) is 7.23. The average molecular weight is 289 g/mol. The lowest BCUT2D eigenvalue weighted by Gasteiger charge is -2.08.